The van der Waals surface area contributed by atoms with Crippen LogP contribution in [-0.4, -0.2) is 59.3 Å². The average molecular weight is 455 g/mol. The molecular weight excluding hydrogens is 435 g/mol. The first-order valence-corrected chi connectivity index (χ1v) is 11.6. The Balaban J connectivity index is 1.39. The summed E-state index contributed by atoms with van der Waals surface area (Å²) >= 11 is 14.8. The van der Waals surface area contributed by atoms with E-state index in [1.54, 1.807) is 0 Å². The van der Waals surface area contributed by atoms with Crippen molar-refractivity contribution in [1.82, 2.24) is 9.80 Å². The third-order valence-corrected chi connectivity index (χ3v) is 6.83. The van der Waals surface area contributed by atoms with Crippen molar-refractivity contribution in [2.24, 2.45) is 0 Å². The molecule has 0 radical (unpaired) electrons. The molecule has 8 heteroatoms. The minimum absolute atomic E-state index is 0.0996. The molecular formula is C20H20Cl2N2O2S2. The van der Waals surface area contributed by atoms with E-state index in [-0.39, 0.29) is 11.8 Å². The molecule has 0 spiro atoms. The van der Waals surface area contributed by atoms with Gasteiger partial charge in [0.1, 0.15) is 0 Å². The van der Waals surface area contributed by atoms with Crippen LogP contribution in [0.5, 0.6) is 0 Å². The SMILES string of the molecule is O=C(CSc1ccc(Cl)cc1)N1CCN(C(=O)CSc2ccc(Cl)cc2)CC1. The molecule has 0 saturated carbocycles. The second-order valence-electron chi connectivity index (χ2n) is 6.25. The number of hydrogen-bond donors (Lipinski definition) is 0. The number of carbonyl (C=O) groups excluding carboxylic acids is 2. The molecule has 1 aliphatic rings. The molecule has 1 saturated heterocycles. The van der Waals surface area contributed by atoms with Gasteiger partial charge in [0.2, 0.25) is 11.8 Å². The third-order valence-electron chi connectivity index (χ3n) is 4.34. The molecule has 0 atom stereocenters. The van der Waals surface area contributed by atoms with Crippen LogP contribution >= 0.6 is 46.7 Å². The number of benzene rings is 2. The summed E-state index contributed by atoms with van der Waals surface area (Å²) in [4.78, 5) is 30.5. The highest BCUT2D eigenvalue weighted by atomic mass is 35.5. The number of carbonyl (C=O) groups is 2. The van der Waals surface area contributed by atoms with Crippen molar-refractivity contribution >= 4 is 58.5 Å². The second-order valence-corrected chi connectivity index (χ2v) is 9.22. The Kier molecular flexibility index (Phi) is 7.97. The molecule has 1 aliphatic heterocycles. The molecule has 0 unspecified atom stereocenters. The van der Waals surface area contributed by atoms with Gasteiger partial charge in [0.25, 0.3) is 0 Å². The van der Waals surface area contributed by atoms with Crippen LogP contribution in [0.25, 0.3) is 0 Å². The van der Waals surface area contributed by atoms with E-state index in [2.05, 4.69) is 0 Å². The highest BCUT2D eigenvalue weighted by Crippen LogP contribution is 2.22. The van der Waals surface area contributed by atoms with Crippen molar-refractivity contribution in [2.75, 3.05) is 37.7 Å². The summed E-state index contributed by atoms with van der Waals surface area (Å²) in [5, 5.41) is 1.37. The lowest BCUT2D eigenvalue weighted by molar-refractivity contribution is -0.136. The topological polar surface area (TPSA) is 40.6 Å². The first-order chi connectivity index (χ1) is 13.5. The van der Waals surface area contributed by atoms with Gasteiger partial charge in [-0.25, -0.2) is 0 Å². The van der Waals surface area contributed by atoms with E-state index >= 15 is 0 Å². The summed E-state index contributed by atoms with van der Waals surface area (Å²) in [5.74, 6) is 0.981. The maximum Gasteiger partial charge on any atom is 0.233 e. The van der Waals surface area contributed by atoms with Gasteiger partial charge in [-0.3, -0.25) is 9.59 Å². The van der Waals surface area contributed by atoms with Crippen LogP contribution < -0.4 is 0 Å². The van der Waals surface area contributed by atoms with Gasteiger partial charge in [-0.05, 0) is 48.5 Å². The minimum Gasteiger partial charge on any atom is -0.338 e. The Bertz CT molecular complexity index is 738. The molecule has 0 N–H and O–H groups in total. The predicted octanol–water partition coefficient (Wildman–Crippen LogP) is 4.55. The second kappa shape index (κ2) is 10.4. The molecule has 4 nitrogen and oxygen atoms in total. The molecule has 1 fully saturated rings. The van der Waals surface area contributed by atoms with E-state index in [0.717, 1.165) is 9.79 Å². The van der Waals surface area contributed by atoms with Gasteiger partial charge in [0.05, 0.1) is 11.5 Å². The van der Waals surface area contributed by atoms with Crippen molar-refractivity contribution < 1.29 is 9.59 Å². The Labute approximate surface area is 183 Å². The molecule has 2 aromatic rings. The van der Waals surface area contributed by atoms with E-state index in [9.17, 15) is 9.59 Å². The lowest BCUT2D eigenvalue weighted by atomic mass is 10.3. The van der Waals surface area contributed by atoms with Gasteiger partial charge >= 0.3 is 0 Å². The van der Waals surface area contributed by atoms with E-state index in [1.807, 2.05) is 58.3 Å². The normalized spacial score (nSPS) is 14.2. The smallest absolute Gasteiger partial charge is 0.233 e. The Morgan fingerprint density at radius 1 is 0.679 bits per heavy atom. The first kappa shape index (κ1) is 21.4. The maximum absolute atomic E-state index is 12.4. The number of rotatable bonds is 6. The van der Waals surface area contributed by atoms with Crippen LogP contribution in [0.3, 0.4) is 0 Å². The standard InChI is InChI=1S/C20H20Cl2N2O2S2/c21-15-1-5-17(6-2-15)27-13-19(25)23-9-11-24(12-10-23)20(26)14-28-18-7-3-16(22)4-8-18/h1-8H,9-14H2. The number of nitrogens with zero attached hydrogens (tertiary/aromatic N) is 2. The van der Waals surface area contributed by atoms with Gasteiger partial charge in [-0.15, -0.1) is 23.5 Å². The van der Waals surface area contributed by atoms with Crippen molar-refractivity contribution in [2.45, 2.75) is 9.79 Å². The van der Waals surface area contributed by atoms with Gasteiger partial charge < -0.3 is 9.80 Å². The van der Waals surface area contributed by atoms with Crippen LogP contribution in [0.15, 0.2) is 58.3 Å². The molecule has 0 aliphatic carbocycles. The summed E-state index contributed by atoms with van der Waals surface area (Å²) in [5.41, 5.74) is 0. The number of thioether (sulfide) groups is 2. The zero-order valence-electron chi connectivity index (χ0n) is 15.1. The quantitative estimate of drug-likeness (QED) is 0.600. The number of hydrogen-bond acceptors (Lipinski definition) is 4. The van der Waals surface area contributed by atoms with Crippen LogP contribution in [0.4, 0.5) is 0 Å². The fourth-order valence-electron chi connectivity index (χ4n) is 2.74. The van der Waals surface area contributed by atoms with Crippen LogP contribution in [-0.2, 0) is 9.59 Å². The summed E-state index contributed by atoms with van der Waals surface area (Å²) in [7, 11) is 0. The monoisotopic (exact) mass is 454 g/mol. The Morgan fingerprint density at radius 2 is 1.00 bits per heavy atom. The third kappa shape index (κ3) is 6.34. The number of amides is 2. The highest BCUT2D eigenvalue weighted by Gasteiger charge is 2.24. The molecule has 2 aromatic carbocycles. The van der Waals surface area contributed by atoms with Crippen molar-refractivity contribution in [3.05, 3.63) is 58.6 Å². The van der Waals surface area contributed by atoms with Crippen molar-refractivity contribution in [3.8, 4) is 0 Å². The average Bonchev–Trinajstić information content (AvgIpc) is 2.72. The van der Waals surface area contributed by atoms with E-state index in [4.69, 9.17) is 23.2 Å². The minimum atomic E-state index is 0.0996. The lowest BCUT2D eigenvalue weighted by Crippen LogP contribution is -2.51. The summed E-state index contributed by atoms with van der Waals surface area (Å²) in [6.07, 6.45) is 0. The Morgan fingerprint density at radius 3 is 1.32 bits per heavy atom. The van der Waals surface area contributed by atoms with Crippen molar-refractivity contribution in [1.29, 1.82) is 0 Å². The fourth-order valence-corrected chi connectivity index (χ4v) is 4.59. The molecule has 0 bridgehead atoms. The van der Waals surface area contributed by atoms with E-state index in [1.165, 1.54) is 23.5 Å². The van der Waals surface area contributed by atoms with Crippen LogP contribution in [0.2, 0.25) is 10.0 Å². The molecule has 3 rings (SSSR count). The van der Waals surface area contributed by atoms with Crippen LogP contribution in [0.1, 0.15) is 0 Å². The molecule has 0 aromatic heterocycles. The highest BCUT2D eigenvalue weighted by molar-refractivity contribution is 8.00. The fraction of sp³-hybridized carbons (Fsp3) is 0.300. The Hall–Kier alpha value is -1.34. The zero-order valence-corrected chi connectivity index (χ0v) is 18.3. The summed E-state index contributed by atoms with van der Waals surface area (Å²) < 4.78 is 0. The molecule has 28 heavy (non-hydrogen) atoms. The van der Waals surface area contributed by atoms with Crippen LogP contribution in [0, 0.1) is 0 Å². The maximum atomic E-state index is 12.4. The van der Waals surface area contributed by atoms with Gasteiger partial charge in [0, 0.05) is 46.0 Å². The van der Waals surface area contributed by atoms with Gasteiger partial charge in [-0.2, -0.15) is 0 Å². The molecule has 148 valence electrons. The number of piperazine rings is 1. The van der Waals surface area contributed by atoms with E-state index < -0.39 is 0 Å². The molecule has 2 amide bonds. The van der Waals surface area contributed by atoms with Gasteiger partial charge in [0.15, 0.2) is 0 Å². The predicted molar refractivity (Wildman–Crippen MR) is 118 cm³/mol. The molecule has 1 heterocycles. The lowest BCUT2D eigenvalue weighted by Gasteiger charge is -2.34. The van der Waals surface area contributed by atoms with Gasteiger partial charge in [-0.1, -0.05) is 23.2 Å². The summed E-state index contributed by atoms with van der Waals surface area (Å²) in [6.45, 7) is 2.32. The van der Waals surface area contributed by atoms with E-state index in [0.29, 0.717) is 47.7 Å². The van der Waals surface area contributed by atoms with Crippen molar-refractivity contribution in [3.63, 3.8) is 0 Å². The number of halogens is 2. The zero-order chi connectivity index (χ0) is 19.9. The first-order valence-electron chi connectivity index (χ1n) is 8.83. The largest absolute Gasteiger partial charge is 0.338 e. The summed E-state index contributed by atoms with van der Waals surface area (Å²) in [6, 6.07) is 14.9.